The molecule has 0 spiro atoms. The summed E-state index contributed by atoms with van der Waals surface area (Å²) in [4.78, 5) is 23.9. The minimum Gasteiger partial charge on any atom is -0.494 e. The van der Waals surface area contributed by atoms with E-state index in [9.17, 15) is 9.59 Å². The lowest BCUT2D eigenvalue weighted by Crippen LogP contribution is -2.32. The van der Waals surface area contributed by atoms with E-state index in [0.717, 1.165) is 0 Å². The fourth-order valence-corrected chi connectivity index (χ4v) is 2.49. The van der Waals surface area contributed by atoms with Crippen LogP contribution in [0.3, 0.4) is 0 Å². The van der Waals surface area contributed by atoms with Gasteiger partial charge in [-0.2, -0.15) is 5.10 Å². The van der Waals surface area contributed by atoms with Crippen LogP contribution in [0.2, 0.25) is 0 Å². The molecule has 7 heteroatoms. The third-order valence-electron chi connectivity index (χ3n) is 3.85. The lowest BCUT2D eigenvalue weighted by Gasteiger charge is -2.06. The number of carbonyl (C=O) groups is 2. The number of nitrogens with zero attached hydrogens (tertiary/aromatic N) is 1. The highest BCUT2D eigenvalue weighted by atomic mass is 16.5. The van der Waals surface area contributed by atoms with Crippen molar-refractivity contribution in [2.45, 2.75) is 6.92 Å². The van der Waals surface area contributed by atoms with E-state index in [1.54, 1.807) is 42.5 Å². The first-order valence-electron chi connectivity index (χ1n) is 9.34. The number of benzene rings is 3. The van der Waals surface area contributed by atoms with Gasteiger partial charge in [-0.25, -0.2) is 5.43 Å². The third-order valence-corrected chi connectivity index (χ3v) is 3.85. The topological polar surface area (TPSA) is 89.0 Å². The first kappa shape index (κ1) is 20.6. The van der Waals surface area contributed by atoms with Crippen molar-refractivity contribution in [3.63, 3.8) is 0 Å². The van der Waals surface area contributed by atoms with Crippen LogP contribution in [0.25, 0.3) is 0 Å². The zero-order valence-electron chi connectivity index (χ0n) is 16.4. The van der Waals surface area contributed by atoms with Crippen molar-refractivity contribution in [2.24, 2.45) is 5.10 Å². The van der Waals surface area contributed by atoms with Gasteiger partial charge in [0.05, 0.1) is 12.8 Å². The van der Waals surface area contributed by atoms with Crippen LogP contribution in [-0.2, 0) is 9.59 Å². The summed E-state index contributed by atoms with van der Waals surface area (Å²) in [6, 6.07) is 23.3. The van der Waals surface area contributed by atoms with Crippen LogP contribution in [0.4, 0.5) is 5.69 Å². The number of hydrogen-bond acceptors (Lipinski definition) is 5. The molecule has 0 saturated carbocycles. The Kier molecular flexibility index (Phi) is 7.16. The van der Waals surface area contributed by atoms with Crippen LogP contribution >= 0.6 is 0 Å². The van der Waals surface area contributed by atoms with Crippen LogP contribution in [0.5, 0.6) is 17.2 Å². The zero-order valence-corrected chi connectivity index (χ0v) is 16.4. The smallest absolute Gasteiger partial charge is 0.329 e. The van der Waals surface area contributed by atoms with Gasteiger partial charge >= 0.3 is 11.8 Å². The molecule has 0 saturated heterocycles. The highest BCUT2D eigenvalue weighted by Gasteiger charge is 2.12. The van der Waals surface area contributed by atoms with Crippen LogP contribution in [0.1, 0.15) is 12.5 Å². The molecule has 3 rings (SSSR count). The third kappa shape index (κ3) is 6.20. The second-order valence-corrected chi connectivity index (χ2v) is 6.10. The molecule has 3 aromatic carbocycles. The molecule has 0 fully saturated rings. The van der Waals surface area contributed by atoms with Crippen molar-refractivity contribution in [3.05, 3.63) is 84.4 Å². The number of hydrazone groups is 1. The van der Waals surface area contributed by atoms with E-state index < -0.39 is 11.8 Å². The lowest BCUT2D eigenvalue weighted by molar-refractivity contribution is -0.136. The van der Waals surface area contributed by atoms with Gasteiger partial charge in [-0.3, -0.25) is 9.59 Å². The largest absolute Gasteiger partial charge is 0.494 e. The van der Waals surface area contributed by atoms with Crippen LogP contribution in [0, 0.1) is 0 Å². The van der Waals surface area contributed by atoms with Gasteiger partial charge in [0.25, 0.3) is 0 Å². The number of amides is 2. The second kappa shape index (κ2) is 10.4. The minimum absolute atomic E-state index is 0.480. The summed E-state index contributed by atoms with van der Waals surface area (Å²) < 4.78 is 11.1. The predicted octanol–water partition coefficient (Wildman–Crippen LogP) is 3.97. The Morgan fingerprint density at radius 3 is 2.33 bits per heavy atom. The number of hydrogen-bond donors (Lipinski definition) is 2. The summed E-state index contributed by atoms with van der Waals surface area (Å²) in [5.74, 6) is 0.327. The number of rotatable bonds is 7. The zero-order chi connectivity index (χ0) is 21.2. The van der Waals surface area contributed by atoms with E-state index in [-0.39, 0.29) is 0 Å². The van der Waals surface area contributed by atoms with Crippen molar-refractivity contribution in [3.8, 4) is 17.2 Å². The molecular weight excluding hydrogens is 382 g/mol. The Morgan fingerprint density at radius 2 is 1.60 bits per heavy atom. The summed E-state index contributed by atoms with van der Waals surface area (Å²) in [5.41, 5.74) is 3.39. The van der Waals surface area contributed by atoms with Crippen LogP contribution in [0.15, 0.2) is 84.0 Å². The van der Waals surface area contributed by atoms with Crippen molar-refractivity contribution < 1.29 is 19.1 Å². The van der Waals surface area contributed by atoms with Gasteiger partial charge in [-0.15, -0.1) is 0 Å². The molecule has 2 N–H and O–H groups in total. The van der Waals surface area contributed by atoms with Crippen molar-refractivity contribution >= 4 is 23.7 Å². The van der Waals surface area contributed by atoms with Crippen molar-refractivity contribution in [1.82, 2.24) is 5.43 Å². The SMILES string of the molecule is CCOc1ccc(NC(=O)C(=O)N/N=C/c2cccc(Oc3ccccc3)c2)cc1. The van der Waals surface area contributed by atoms with Gasteiger partial charge in [0, 0.05) is 5.69 Å². The van der Waals surface area contributed by atoms with E-state index in [1.807, 2.05) is 43.3 Å². The maximum Gasteiger partial charge on any atom is 0.329 e. The lowest BCUT2D eigenvalue weighted by atomic mass is 10.2. The fraction of sp³-hybridized carbons (Fsp3) is 0.0870. The summed E-state index contributed by atoms with van der Waals surface area (Å²) in [6.45, 7) is 2.43. The maximum atomic E-state index is 12.0. The number of nitrogens with one attached hydrogen (secondary N) is 2. The Balaban J connectivity index is 1.52. The monoisotopic (exact) mass is 403 g/mol. The maximum absolute atomic E-state index is 12.0. The Bertz CT molecular complexity index is 1020. The molecule has 0 radical (unpaired) electrons. The quantitative estimate of drug-likeness (QED) is 0.355. The molecule has 0 atom stereocenters. The Hall–Kier alpha value is -4.13. The number of ether oxygens (including phenoxy) is 2. The first-order chi connectivity index (χ1) is 14.6. The Morgan fingerprint density at radius 1 is 0.867 bits per heavy atom. The molecule has 0 aliphatic rings. The van der Waals surface area contributed by atoms with Gasteiger partial charge < -0.3 is 14.8 Å². The number of anilines is 1. The highest BCUT2D eigenvalue weighted by molar-refractivity contribution is 6.39. The summed E-state index contributed by atoms with van der Waals surface area (Å²) in [7, 11) is 0. The van der Waals surface area contributed by atoms with Crippen molar-refractivity contribution in [2.75, 3.05) is 11.9 Å². The van der Waals surface area contributed by atoms with E-state index in [0.29, 0.717) is 35.1 Å². The predicted molar refractivity (Wildman–Crippen MR) is 115 cm³/mol. The molecule has 7 nitrogen and oxygen atoms in total. The van der Waals surface area contributed by atoms with E-state index in [4.69, 9.17) is 9.47 Å². The van der Waals surface area contributed by atoms with E-state index in [1.165, 1.54) is 6.21 Å². The molecule has 152 valence electrons. The van der Waals surface area contributed by atoms with Gasteiger partial charge in [0.1, 0.15) is 17.2 Å². The summed E-state index contributed by atoms with van der Waals surface area (Å²) in [6.07, 6.45) is 1.43. The molecule has 0 aliphatic heterocycles. The molecule has 0 aliphatic carbocycles. The minimum atomic E-state index is -0.878. The van der Waals surface area contributed by atoms with Gasteiger partial charge in [0.2, 0.25) is 0 Å². The molecule has 3 aromatic rings. The fourth-order valence-electron chi connectivity index (χ4n) is 2.49. The number of para-hydroxylation sites is 1. The van der Waals surface area contributed by atoms with Crippen LogP contribution in [-0.4, -0.2) is 24.6 Å². The second-order valence-electron chi connectivity index (χ2n) is 6.10. The number of carbonyl (C=O) groups excluding carboxylic acids is 2. The molecule has 0 heterocycles. The molecule has 0 aromatic heterocycles. The van der Waals surface area contributed by atoms with Gasteiger partial charge in [-0.1, -0.05) is 30.3 Å². The standard InChI is InChI=1S/C23H21N3O4/c1-2-29-19-13-11-18(12-14-19)25-22(27)23(28)26-24-16-17-7-6-10-21(15-17)30-20-8-4-3-5-9-20/h3-16H,2H2,1H3,(H,25,27)(H,26,28)/b24-16+. The Labute approximate surface area is 174 Å². The van der Waals surface area contributed by atoms with E-state index >= 15 is 0 Å². The highest BCUT2D eigenvalue weighted by Crippen LogP contribution is 2.21. The normalized spacial score (nSPS) is 10.4. The van der Waals surface area contributed by atoms with Gasteiger partial charge in [-0.05, 0) is 61.0 Å². The van der Waals surface area contributed by atoms with Crippen molar-refractivity contribution in [1.29, 1.82) is 0 Å². The molecule has 2 amide bonds. The molecule has 30 heavy (non-hydrogen) atoms. The molecular formula is C23H21N3O4. The average molecular weight is 403 g/mol. The van der Waals surface area contributed by atoms with E-state index in [2.05, 4.69) is 15.8 Å². The molecule has 0 bridgehead atoms. The summed E-state index contributed by atoms with van der Waals surface area (Å²) >= 11 is 0. The summed E-state index contributed by atoms with van der Waals surface area (Å²) in [5, 5.41) is 6.33. The van der Waals surface area contributed by atoms with Gasteiger partial charge in [0.15, 0.2) is 0 Å². The average Bonchev–Trinajstić information content (AvgIpc) is 2.76. The molecule has 0 unspecified atom stereocenters. The van der Waals surface area contributed by atoms with Crippen LogP contribution < -0.4 is 20.2 Å². The first-order valence-corrected chi connectivity index (χ1v) is 9.34.